The lowest BCUT2D eigenvalue weighted by atomic mass is 10.0. The molecule has 2 aromatic heterocycles. The van der Waals surface area contributed by atoms with Gasteiger partial charge in [0.15, 0.2) is 5.82 Å². The number of β-amino-alcohol motifs (C(OH)–C–C–N with tert-alkyl or cyclic N) is 1. The van der Waals surface area contributed by atoms with Crippen LogP contribution >= 0.6 is 23.2 Å². The Labute approximate surface area is 220 Å². The van der Waals surface area contributed by atoms with Crippen LogP contribution in [-0.2, 0) is 11.8 Å². The van der Waals surface area contributed by atoms with E-state index in [9.17, 15) is 9.90 Å². The van der Waals surface area contributed by atoms with Crippen molar-refractivity contribution in [3.05, 3.63) is 46.1 Å². The predicted octanol–water partition coefficient (Wildman–Crippen LogP) is 3.26. The SMILES string of the molecule is C[C@@H](Nc1nc(N2CC[C@H](NC(=O)C3CCCN3)[C@H](O)C2)nc2ccn(C)c12)c1ccc(Cl)cc1Cl. The fourth-order valence-corrected chi connectivity index (χ4v) is 5.60. The second kappa shape index (κ2) is 10.4. The number of anilines is 2. The Morgan fingerprint density at radius 2 is 2.08 bits per heavy atom. The Balaban J connectivity index is 1.35. The zero-order valence-electron chi connectivity index (χ0n) is 20.3. The first-order valence-corrected chi connectivity index (χ1v) is 13.1. The van der Waals surface area contributed by atoms with Crippen LogP contribution in [0.4, 0.5) is 11.8 Å². The molecule has 0 aliphatic carbocycles. The molecule has 1 unspecified atom stereocenters. The first kappa shape index (κ1) is 25.1. The number of aliphatic hydroxyl groups is 1. The number of nitrogens with zero attached hydrogens (tertiary/aromatic N) is 4. The number of carbonyl (C=O) groups is 1. The van der Waals surface area contributed by atoms with E-state index >= 15 is 0 Å². The summed E-state index contributed by atoms with van der Waals surface area (Å²) in [4.78, 5) is 24.1. The Morgan fingerprint density at radius 1 is 1.25 bits per heavy atom. The molecule has 2 aliphatic heterocycles. The molecule has 4 atom stereocenters. The van der Waals surface area contributed by atoms with Gasteiger partial charge in [-0.05, 0) is 56.5 Å². The number of halogens is 2. The third-order valence-corrected chi connectivity index (χ3v) is 7.62. The van der Waals surface area contributed by atoms with Crippen LogP contribution in [0.2, 0.25) is 10.0 Å². The Kier molecular flexibility index (Phi) is 7.25. The number of carbonyl (C=O) groups excluding carboxylic acids is 1. The molecule has 11 heteroatoms. The molecule has 0 spiro atoms. The molecule has 9 nitrogen and oxygen atoms in total. The molecule has 1 amide bonds. The summed E-state index contributed by atoms with van der Waals surface area (Å²) in [5, 5.41) is 21.7. The van der Waals surface area contributed by atoms with Crippen molar-refractivity contribution in [2.45, 2.75) is 50.4 Å². The molecule has 2 aliphatic rings. The highest BCUT2D eigenvalue weighted by Gasteiger charge is 2.33. The maximum absolute atomic E-state index is 12.5. The summed E-state index contributed by atoms with van der Waals surface area (Å²) in [6, 6.07) is 6.81. The summed E-state index contributed by atoms with van der Waals surface area (Å²) in [5.74, 6) is 1.18. The molecule has 5 rings (SSSR count). The van der Waals surface area contributed by atoms with E-state index in [4.69, 9.17) is 33.2 Å². The first-order chi connectivity index (χ1) is 17.3. The van der Waals surface area contributed by atoms with Crippen molar-refractivity contribution < 1.29 is 9.90 Å². The van der Waals surface area contributed by atoms with E-state index in [0.29, 0.717) is 41.3 Å². The molecule has 4 heterocycles. The predicted molar refractivity (Wildman–Crippen MR) is 143 cm³/mol. The topological polar surface area (TPSA) is 107 Å². The first-order valence-electron chi connectivity index (χ1n) is 12.3. The Morgan fingerprint density at radius 3 is 2.81 bits per heavy atom. The highest BCUT2D eigenvalue weighted by molar-refractivity contribution is 6.35. The molecule has 2 saturated heterocycles. The van der Waals surface area contributed by atoms with Gasteiger partial charge in [-0.1, -0.05) is 29.3 Å². The van der Waals surface area contributed by atoms with Crippen molar-refractivity contribution >= 4 is 51.9 Å². The standard InChI is InChI=1S/C25H31Cl2N7O2/c1-14(16-6-5-15(26)12-17(16)27)29-23-22-19(7-10-33(22)2)31-25(32-23)34-11-8-18(21(35)13-34)30-24(36)20-4-3-9-28-20/h5-7,10,12,14,18,20-21,28,35H,3-4,8-9,11,13H2,1-2H3,(H,30,36)(H,29,31,32)/t14-,18+,20?,21-/m1/s1. The number of hydrogen-bond acceptors (Lipinski definition) is 7. The summed E-state index contributed by atoms with van der Waals surface area (Å²) >= 11 is 12.5. The molecule has 0 bridgehead atoms. The largest absolute Gasteiger partial charge is 0.389 e. The fraction of sp³-hybridized carbons (Fsp3) is 0.480. The number of hydrogen-bond donors (Lipinski definition) is 4. The minimum Gasteiger partial charge on any atom is -0.389 e. The molecule has 0 saturated carbocycles. The second-order valence-corrected chi connectivity index (χ2v) is 10.5. The van der Waals surface area contributed by atoms with E-state index in [1.54, 1.807) is 6.07 Å². The van der Waals surface area contributed by atoms with E-state index in [0.717, 1.165) is 36.0 Å². The minimum absolute atomic E-state index is 0.0340. The van der Waals surface area contributed by atoms with Crippen molar-refractivity contribution in [2.24, 2.45) is 7.05 Å². The van der Waals surface area contributed by atoms with Gasteiger partial charge in [-0.2, -0.15) is 4.98 Å². The molecule has 1 aromatic carbocycles. The number of piperidine rings is 1. The lowest BCUT2D eigenvalue weighted by Gasteiger charge is -2.36. The molecule has 36 heavy (non-hydrogen) atoms. The van der Waals surface area contributed by atoms with Gasteiger partial charge in [0, 0.05) is 36.4 Å². The van der Waals surface area contributed by atoms with Crippen LogP contribution in [0.3, 0.4) is 0 Å². The molecule has 192 valence electrons. The summed E-state index contributed by atoms with van der Waals surface area (Å²) in [6.07, 6.45) is 3.66. The number of aromatic nitrogens is 3. The molecular formula is C25H31Cl2N7O2. The summed E-state index contributed by atoms with van der Waals surface area (Å²) in [6.45, 7) is 3.83. The smallest absolute Gasteiger partial charge is 0.237 e. The zero-order chi connectivity index (χ0) is 25.4. The quantitative estimate of drug-likeness (QED) is 0.386. The van der Waals surface area contributed by atoms with Crippen LogP contribution in [0.1, 0.15) is 37.8 Å². The van der Waals surface area contributed by atoms with Crippen molar-refractivity contribution in [2.75, 3.05) is 29.9 Å². The third-order valence-electron chi connectivity index (χ3n) is 7.06. The van der Waals surface area contributed by atoms with Gasteiger partial charge in [-0.15, -0.1) is 0 Å². The zero-order valence-corrected chi connectivity index (χ0v) is 21.9. The van der Waals surface area contributed by atoms with Crippen LogP contribution in [0.5, 0.6) is 0 Å². The van der Waals surface area contributed by atoms with E-state index < -0.39 is 6.10 Å². The lowest BCUT2D eigenvalue weighted by molar-refractivity contribution is -0.124. The molecule has 2 fully saturated rings. The second-order valence-electron chi connectivity index (χ2n) is 9.63. The average molecular weight is 532 g/mol. The summed E-state index contributed by atoms with van der Waals surface area (Å²) < 4.78 is 1.98. The van der Waals surface area contributed by atoms with E-state index in [1.165, 1.54) is 0 Å². The van der Waals surface area contributed by atoms with Crippen LogP contribution in [0.25, 0.3) is 11.0 Å². The van der Waals surface area contributed by atoms with E-state index in [-0.39, 0.29) is 24.0 Å². The highest BCUT2D eigenvalue weighted by Crippen LogP contribution is 2.32. The number of aryl methyl sites for hydroxylation is 1. The Hall–Kier alpha value is -2.59. The maximum Gasteiger partial charge on any atom is 0.237 e. The normalized spacial score (nSPS) is 23.1. The minimum atomic E-state index is -0.720. The third kappa shape index (κ3) is 5.11. The van der Waals surface area contributed by atoms with Gasteiger partial charge in [-0.3, -0.25) is 4.79 Å². The van der Waals surface area contributed by atoms with Crippen molar-refractivity contribution in [3.63, 3.8) is 0 Å². The highest BCUT2D eigenvalue weighted by atomic mass is 35.5. The number of aliphatic hydroxyl groups excluding tert-OH is 1. The molecular weight excluding hydrogens is 501 g/mol. The fourth-order valence-electron chi connectivity index (χ4n) is 5.03. The van der Waals surface area contributed by atoms with Gasteiger partial charge in [0.1, 0.15) is 5.52 Å². The number of rotatable bonds is 6. The van der Waals surface area contributed by atoms with E-state index in [2.05, 4.69) is 16.0 Å². The van der Waals surface area contributed by atoms with Crippen LogP contribution in [-0.4, -0.2) is 63.4 Å². The van der Waals surface area contributed by atoms with Crippen molar-refractivity contribution in [3.8, 4) is 0 Å². The molecule has 0 radical (unpaired) electrons. The van der Waals surface area contributed by atoms with E-state index in [1.807, 2.05) is 47.8 Å². The number of benzene rings is 1. The molecule has 4 N–H and O–H groups in total. The van der Waals surface area contributed by atoms with Crippen LogP contribution in [0, 0.1) is 0 Å². The number of nitrogens with one attached hydrogen (secondary N) is 3. The van der Waals surface area contributed by atoms with Gasteiger partial charge >= 0.3 is 0 Å². The molecule has 3 aromatic rings. The van der Waals surface area contributed by atoms with Crippen LogP contribution in [0.15, 0.2) is 30.5 Å². The maximum atomic E-state index is 12.5. The van der Waals surface area contributed by atoms with Crippen molar-refractivity contribution in [1.29, 1.82) is 0 Å². The lowest BCUT2D eigenvalue weighted by Crippen LogP contribution is -2.56. The van der Waals surface area contributed by atoms with Gasteiger partial charge in [0.2, 0.25) is 11.9 Å². The van der Waals surface area contributed by atoms with Crippen molar-refractivity contribution in [1.82, 2.24) is 25.2 Å². The van der Waals surface area contributed by atoms with Gasteiger partial charge in [0.25, 0.3) is 0 Å². The summed E-state index contributed by atoms with van der Waals surface area (Å²) in [5.41, 5.74) is 2.59. The average Bonchev–Trinajstić information content (AvgIpc) is 3.51. The summed E-state index contributed by atoms with van der Waals surface area (Å²) in [7, 11) is 1.95. The van der Waals surface area contributed by atoms with Gasteiger partial charge < -0.3 is 30.5 Å². The van der Waals surface area contributed by atoms with Gasteiger partial charge in [-0.25, -0.2) is 4.98 Å². The number of fused-ring (bicyclic) bond motifs is 1. The number of amides is 1. The Bertz CT molecular complexity index is 1260. The van der Waals surface area contributed by atoms with Gasteiger partial charge in [0.05, 0.1) is 29.7 Å². The monoisotopic (exact) mass is 531 g/mol. The van der Waals surface area contributed by atoms with Crippen LogP contribution < -0.4 is 20.9 Å².